The highest BCUT2D eigenvalue weighted by Crippen LogP contribution is 2.57. The number of carbonyl (C=O) groups is 3. The number of hydrogen-bond donors (Lipinski definition) is 2. The number of amides is 1. The fourth-order valence-electron chi connectivity index (χ4n) is 5.85. The average Bonchev–Trinajstić information content (AvgIpc) is 3.06. The molecular formula is C28H28ClN3O4. The standard InChI is InChI=1S/C28H28ClN3O4/c1-14-6-9-18-17(10-14)28(26(35)31-18)22-20(12-27(3,4)13-21(22)33)32(24(30)23(28)25(34)36-5)19-11-16(29)8-7-15(19)2/h6-11H,12-13,30H2,1-5H3,(H,31,35). The first-order valence-corrected chi connectivity index (χ1v) is 12.1. The summed E-state index contributed by atoms with van der Waals surface area (Å²) < 4.78 is 5.19. The van der Waals surface area contributed by atoms with Crippen LogP contribution < -0.4 is 16.0 Å². The smallest absolute Gasteiger partial charge is 0.339 e. The van der Waals surface area contributed by atoms with Crippen molar-refractivity contribution in [3.63, 3.8) is 0 Å². The minimum absolute atomic E-state index is 0.0426. The highest BCUT2D eigenvalue weighted by molar-refractivity contribution is 6.31. The average molecular weight is 506 g/mol. The van der Waals surface area contributed by atoms with Gasteiger partial charge in [-0.15, -0.1) is 0 Å². The van der Waals surface area contributed by atoms with Crippen LogP contribution in [0.5, 0.6) is 0 Å². The number of methoxy groups -OCH3 is 1. The largest absolute Gasteiger partial charge is 0.466 e. The molecule has 0 radical (unpaired) electrons. The predicted molar refractivity (Wildman–Crippen MR) is 138 cm³/mol. The van der Waals surface area contributed by atoms with E-state index in [2.05, 4.69) is 5.32 Å². The molecule has 8 heteroatoms. The lowest BCUT2D eigenvalue weighted by molar-refractivity contribution is -0.138. The molecule has 1 spiro atoms. The van der Waals surface area contributed by atoms with Crippen molar-refractivity contribution < 1.29 is 19.1 Å². The van der Waals surface area contributed by atoms with Crippen molar-refractivity contribution >= 4 is 40.6 Å². The van der Waals surface area contributed by atoms with Crippen LogP contribution in [0.4, 0.5) is 11.4 Å². The van der Waals surface area contributed by atoms with E-state index in [0.29, 0.717) is 34.1 Å². The van der Waals surface area contributed by atoms with E-state index in [-0.39, 0.29) is 29.2 Å². The van der Waals surface area contributed by atoms with Gasteiger partial charge in [0, 0.05) is 34.0 Å². The van der Waals surface area contributed by atoms with Crippen molar-refractivity contribution in [1.82, 2.24) is 0 Å². The van der Waals surface area contributed by atoms with Gasteiger partial charge in [0.05, 0.1) is 12.8 Å². The Morgan fingerprint density at radius 3 is 2.53 bits per heavy atom. The van der Waals surface area contributed by atoms with Gasteiger partial charge in [-0.2, -0.15) is 0 Å². The van der Waals surface area contributed by atoms with Crippen LogP contribution >= 0.6 is 11.6 Å². The zero-order valence-electron chi connectivity index (χ0n) is 20.9. The van der Waals surface area contributed by atoms with E-state index in [9.17, 15) is 14.4 Å². The number of ether oxygens (including phenoxy) is 1. The molecule has 0 bridgehead atoms. The van der Waals surface area contributed by atoms with E-state index in [4.69, 9.17) is 22.1 Å². The Balaban J connectivity index is 1.96. The Morgan fingerprint density at radius 2 is 1.83 bits per heavy atom. The predicted octanol–water partition coefficient (Wildman–Crippen LogP) is 4.65. The number of Topliss-reactive ketones (excluding diaryl/α,β-unsaturated/α-hetero) is 1. The number of hydrogen-bond acceptors (Lipinski definition) is 6. The maximum Gasteiger partial charge on any atom is 0.339 e. The van der Waals surface area contributed by atoms with Crippen molar-refractivity contribution in [2.45, 2.75) is 46.0 Å². The fraction of sp³-hybridized carbons (Fsp3) is 0.321. The van der Waals surface area contributed by atoms with Gasteiger partial charge in [-0.05, 0) is 49.4 Å². The number of benzene rings is 2. The first-order chi connectivity index (χ1) is 16.9. The van der Waals surface area contributed by atoms with Crippen LogP contribution in [0.2, 0.25) is 5.02 Å². The number of carbonyl (C=O) groups excluding carboxylic acids is 3. The fourth-order valence-corrected chi connectivity index (χ4v) is 6.02. The number of anilines is 2. The quantitative estimate of drug-likeness (QED) is 0.576. The monoisotopic (exact) mass is 505 g/mol. The first-order valence-electron chi connectivity index (χ1n) is 11.8. The number of nitrogens with zero attached hydrogens (tertiary/aromatic N) is 1. The van der Waals surface area contributed by atoms with Crippen LogP contribution in [0.3, 0.4) is 0 Å². The number of rotatable bonds is 2. The van der Waals surface area contributed by atoms with Gasteiger partial charge in [-0.25, -0.2) is 4.79 Å². The van der Waals surface area contributed by atoms with Gasteiger partial charge in [0.2, 0.25) is 5.91 Å². The van der Waals surface area contributed by atoms with Crippen molar-refractivity contribution in [3.05, 3.63) is 80.8 Å². The van der Waals surface area contributed by atoms with Crippen molar-refractivity contribution in [1.29, 1.82) is 0 Å². The molecule has 1 aliphatic carbocycles. The molecule has 0 saturated heterocycles. The molecular weight excluding hydrogens is 478 g/mol. The van der Waals surface area contributed by atoms with Crippen LogP contribution in [0.1, 0.15) is 43.4 Å². The second kappa shape index (κ2) is 7.96. The minimum atomic E-state index is -1.72. The summed E-state index contributed by atoms with van der Waals surface area (Å²) in [5.41, 5.74) is 8.94. The van der Waals surface area contributed by atoms with Gasteiger partial charge < -0.3 is 15.8 Å². The van der Waals surface area contributed by atoms with Crippen LogP contribution in [0, 0.1) is 19.3 Å². The Bertz CT molecular complexity index is 1440. The van der Waals surface area contributed by atoms with E-state index in [1.54, 1.807) is 23.1 Å². The number of nitrogens with one attached hydrogen (secondary N) is 1. The maximum absolute atomic E-state index is 14.0. The molecule has 0 aromatic heterocycles. The van der Waals surface area contributed by atoms with Crippen molar-refractivity contribution in [3.8, 4) is 0 Å². The van der Waals surface area contributed by atoms with Crippen LogP contribution in [-0.4, -0.2) is 24.8 Å². The highest BCUT2D eigenvalue weighted by atomic mass is 35.5. The molecule has 2 aliphatic heterocycles. The summed E-state index contributed by atoms with van der Waals surface area (Å²) >= 11 is 6.38. The third kappa shape index (κ3) is 3.22. The highest BCUT2D eigenvalue weighted by Gasteiger charge is 2.63. The number of nitrogens with two attached hydrogens (primary N) is 1. The van der Waals surface area contributed by atoms with Gasteiger partial charge in [-0.3, -0.25) is 14.5 Å². The van der Waals surface area contributed by atoms with Crippen LogP contribution in [0.25, 0.3) is 0 Å². The molecule has 2 aromatic carbocycles. The van der Waals surface area contributed by atoms with E-state index in [1.165, 1.54) is 7.11 Å². The third-order valence-corrected chi connectivity index (χ3v) is 7.57. The molecule has 0 fully saturated rings. The number of fused-ring (bicyclic) bond motifs is 3. The topological polar surface area (TPSA) is 102 Å². The number of esters is 1. The van der Waals surface area contributed by atoms with Gasteiger partial charge in [0.25, 0.3) is 0 Å². The SMILES string of the molecule is COC(=O)C1=C(N)N(c2cc(Cl)ccc2C)C2=C(C(=O)CC(C)(C)C2)C12C(=O)Nc1ccc(C)cc12. The van der Waals surface area contributed by atoms with Crippen LogP contribution in [0.15, 0.2) is 59.1 Å². The zero-order chi connectivity index (χ0) is 26.2. The lowest BCUT2D eigenvalue weighted by atomic mass is 9.60. The summed E-state index contributed by atoms with van der Waals surface area (Å²) in [6.45, 7) is 7.81. The van der Waals surface area contributed by atoms with Gasteiger partial charge in [0.1, 0.15) is 16.8 Å². The summed E-state index contributed by atoms with van der Waals surface area (Å²) in [5.74, 6) is -1.43. The van der Waals surface area contributed by atoms with E-state index < -0.39 is 22.7 Å². The Morgan fingerprint density at radius 1 is 1.11 bits per heavy atom. The summed E-state index contributed by atoms with van der Waals surface area (Å²) in [4.78, 5) is 43.2. The normalized spacial score (nSPS) is 22.6. The zero-order valence-corrected chi connectivity index (χ0v) is 21.7. The molecule has 2 heterocycles. The number of allylic oxidation sites excluding steroid dienone is 1. The van der Waals surface area contributed by atoms with E-state index in [0.717, 1.165) is 11.1 Å². The maximum atomic E-state index is 14.0. The molecule has 36 heavy (non-hydrogen) atoms. The second-order valence-electron chi connectivity index (χ2n) is 10.5. The molecule has 1 amide bonds. The van der Waals surface area contributed by atoms with Gasteiger partial charge in [0.15, 0.2) is 5.78 Å². The lowest BCUT2D eigenvalue weighted by Crippen LogP contribution is -2.54. The molecule has 2 aromatic rings. The van der Waals surface area contributed by atoms with Crippen LogP contribution in [-0.2, 0) is 24.5 Å². The van der Waals surface area contributed by atoms with Gasteiger partial charge >= 0.3 is 5.97 Å². The summed E-state index contributed by atoms with van der Waals surface area (Å²) in [7, 11) is 1.24. The molecule has 186 valence electrons. The number of halogens is 1. The van der Waals surface area contributed by atoms with E-state index in [1.807, 2.05) is 45.9 Å². The molecule has 5 rings (SSSR count). The Labute approximate surface area is 214 Å². The Hall–Kier alpha value is -3.58. The summed E-state index contributed by atoms with van der Waals surface area (Å²) in [6, 6.07) is 10.9. The third-order valence-electron chi connectivity index (χ3n) is 7.34. The summed E-state index contributed by atoms with van der Waals surface area (Å²) in [5, 5.41) is 3.38. The first kappa shape index (κ1) is 24.1. The molecule has 0 saturated carbocycles. The molecule has 1 unspecified atom stereocenters. The molecule has 3 N–H and O–H groups in total. The molecule has 1 atom stereocenters. The summed E-state index contributed by atoms with van der Waals surface area (Å²) in [6.07, 6.45) is 0.685. The molecule has 7 nitrogen and oxygen atoms in total. The lowest BCUT2D eigenvalue weighted by Gasteiger charge is -2.47. The number of ketones is 1. The molecule has 3 aliphatic rings. The minimum Gasteiger partial charge on any atom is -0.466 e. The Kier molecular flexibility index (Phi) is 5.34. The van der Waals surface area contributed by atoms with Crippen molar-refractivity contribution in [2.75, 3.05) is 17.3 Å². The van der Waals surface area contributed by atoms with Gasteiger partial charge in [-0.1, -0.05) is 49.2 Å². The van der Waals surface area contributed by atoms with E-state index >= 15 is 0 Å². The number of aryl methyl sites for hydroxylation is 2. The second-order valence-corrected chi connectivity index (χ2v) is 11.0. The van der Waals surface area contributed by atoms with Crippen molar-refractivity contribution in [2.24, 2.45) is 11.1 Å².